The summed E-state index contributed by atoms with van der Waals surface area (Å²) in [6, 6.07) is 3.83. The SMILES string of the molecule is Nc1ccc(C(=O)N2CCC[C@@H]2CO)c(F)c1. The summed E-state index contributed by atoms with van der Waals surface area (Å²) in [7, 11) is 0. The van der Waals surface area contributed by atoms with E-state index in [1.54, 1.807) is 0 Å². The van der Waals surface area contributed by atoms with Crippen molar-refractivity contribution in [3.8, 4) is 0 Å². The third-order valence-electron chi connectivity index (χ3n) is 3.07. The van der Waals surface area contributed by atoms with Gasteiger partial charge in [-0.3, -0.25) is 4.79 Å². The van der Waals surface area contributed by atoms with Gasteiger partial charge < -0.3 is 15.7 Å². The number of anilines is 1. The largest absolute Gasteiger partial charge is 0.399 e. The van der Waals surface area contributed by atoms with Crippen LogP contribution in [0.15, 0.2) is 18.2 Å². The maximum absolute atomic E-state index is 13.6. The van der Waals surface area contributed by atoms with Crippen molar-refractivity contribution >= 4 is 11.6 Å². The molecule has 0 radical (unpaired) electrons. The minimum absolute atomic E-state index is 0.0135. The van der Waals surface area contributed by atoms with E-state index in [0.29, 0.717) is 12.2 Å². The third-order valence-corrected chi connectivity index (χ3v) is 3.07. The predicted molar refractivity (Wildman–Crippen MR) is 62.0 cm³/mol. The Morgan fingerprint density at radius 2 is 2.35 bits per heavy atom. The molecule has 1 heterocycles. The molecule has 1 amide bonds. The maximum Gasteiger partial charge on any atom is 0.257 e. The van der Waals surface area contributed by atoms with Gasteiger partial charge in [0.1, 0.15) is 5.82 Å². The second-order valence-electron chi connectivity index (χ2n) is 4.22. The van der Waals surface area contributed by atoms with E-state index in [1.807, 2.05) is 0 Å². The van der Waals surface area contributed by atoms with Gasteiger partial charge in [0.05, 0.1) is 18.2 Å². The Kier molecular flexibility index (Phi) is 3.28. The van der Waals surface area contributed by atoms with Crippen molar-refractivity contribution in [2.24, 2.45) is 0 Å². The van der Waals surface area contributed by atoms with Gasteiger partial charge in [-0.25, -0.2) is 4.39 Å². The van der Waals surface area contributed by atoms with Crippen LogP contribution in [0.25, 0.3) is 0 Å². The zero-order valence-electron chi connectivity index (χ0n) is 9.40. The Morgan fingerprint density at radius 1 is 1.59 bits per heavy atom. The summed E-state index contributed by atoms with van der Waals surface area (Å²) in [6.07, 6.45) is 1.60. The second-order valence-corrected chi connectivity index (χ2v) is 4.22. The maximum atomic E-state index is 13.6. The molecular weight excluding hydrogens is 223 g/mol. The van der Waals surface area contributed by atoms with Crippen LogP contribution in [0.3, 0.4) is 0 Å². The molecule has 3 N–H and O–H groups in total. The molecule has 5 heteroatoms. The van der Waals surface area contributed by atoms with Crippen LogP contribution in [0.2, 0.25) is 0 Å². The Bertz CT molecular complexity index is 437. The van der Waals surface area contributed by atoms with Crippen molar-refractivity contribution in [3.05, 3.63) is 29.6 Å². The number of aliphatic hydroxyl groups is 1. The normalized spacial score (nSPS) is 19.6. The Balaban J connectivity index is 2.24. The summed E-state index contributed by atoms with van der Waals surface area (Å²) >= 11 is 0. The third kappa shape index (κ3) is 2.24. The van der Waals surface area contributed by atoms with Crippen LogP contribution < -0.4 is 5.73 Å². The first-order valence-corrected chi connectivity index (χ1v) is 5.60. The zero-order chi connectivity index (χ0) is 12.4. The fourth-order valence-electron chi connectivity index (χ4n) is 2.15. The molecule has 1 atom stereocenters. The van der Waals surface area contributed by atoms with Crippen LogP contribution in [-0.4, -0.2) is 35.1 Å². The van der Waals surface area contributed by atoms with Gasteiger partial charge in [-0.05, 0) is 31.0 Å². The van der Waals surface area contributed by atoms with Crippen molar-refractivity contribution in [1.82, 2.24) is 4.90 Å². The lowest BCUT2D eigenvalue weighted by atomic mass is 10.1. The number of hydrogen-bond donors (Lipinski definition) is 2. The van der Waals surface area contributed by atoms with Gasteiger partial charge >= 0.3 is 0 Å². The van der Waals surface area contributed by atoms with E-state index in [2.05, 4.69) is 0 Å². The molecule has 1 aliphatic rings. The lowest BCUT2D eigenvalue weighted by Crippen LogP contribution is -2.38. The minimum Gasteiger partial charge on any atom is -0.399 e. The molecule has 0 unspecified atom stereocenters. The molecule has 0 aliphatic carbocycles. The molecule has 2 rings (SSSR count). The number of amides is 1. The van der Waals surface area contributed by atoms with Crippen LogP contribution in [0.5, 0.6) is 0 Å². The summed E-state index contributed by atoms with van der Waals surface area (Å²) in [6.45, 7) is 0.482. The van der Waals surface area contributed by atoms with Gasteiger partial charge in [0.25, 0.3) is 5.91 Å². The average Bonchev–Trinajstić information content (AvgIpc) is 2.76. The monoisotopic (exact) mass is 238 g/mol. The molecule has 1 aromatic carbocycles. The lowest BCUT2D eigenvalue weighted by molar-refractivity contribution is 0.0673. The van der Waals surface area contributed by atoms with Crippen LogP contribution in [0.4, 0.5) is 10.1 Å². The molecule has 1 aliphatic heterocycles. The lowest BCUT2D eigenvalue weighted by Gasteiger charge is -2.23. The average molecular weight is 238 g/mol. The van der Waals surface area contributed by atoms with Gasteiger partial charge in [0.15, 0.2) is 0 Å². The number of likely N-dealkylation sites (tertiary alicyclic amines) is 1. The van der Waals surface area contributed by atoms with Crippen molar-refractivity contribution < 1.29 is 14.3 Å². The van der Waals surface area contributed by atoms with Crippen molar-refractivity contribution in [1.29, 1.82) is 0 Å². The van der Waals surface area contributed by atoms with E-state index in [4.69, 9.17) is 10.8 Å². The van der Waals surface area contributed by atoms with Crippen LogP contribution in [0.1, 0.15) is 23.2 Å². The van der Waals surface area contributed by atoms with E-state index in [9.17, 15) is 9.18 Å². The van der Waals surface area contributed by atoms with Crippen molar-refractivity contribution in [3.63, 3.8) is 0 Å². The van der Waals surface area contributed by atoms with Crippen molar-refractivity contribution in [2.45, 2.75) is 18.9 Å². The Morgan fingerprint density at radius 3 is 3.00 bits per heavy atom. The molecular formula is C12H15FN2O2. The number of rotatable bonds is 2. The molecule has 1 aromatic rings. The first-order valence-electron chi connectivity index (χ1n) is 5.60. The molecule has 1 saturated heterocycles. The summed E-state index contributed by atoms with van der Waals surface area (Å²) in [5.41, 5.74) is 5.73. The van der Waals surface area contributed by atoms with Gasteiger partial charge in [0, 0.05) is 12.2 Å². The number of hydrogen-bond acceptors (Lipinski definition) is 3. The summed E-state index contributed by atoms with van der Waals surface area (Å²) < 4.78 is 13.6. The fraction of sp³-hybridized carbons (Fsp3) is 0.417. The molecule has 17 heavy (non-hydrogen) atoms. The zero-order valence-corrected chi connectivity index (χ0v) is 9.40. The highest BCUT2D eigenvalue weighted by molar-refractivity contribution is 5.95. The summed E-state index contributed by atoms with van der Waals surface area (Å²) in [5, 5.41) is 9.14. The number of halogens is 1. The van der Waals surface area contributed by atoms with Gasteiger partial charge in [0.2, 0.25) is 0 Å². The number of carbonyl (C=O) groups is 1. The minimum atomic E-state index is -0.612. The quantitative estimate of drug-likeness (QED) is 0.755. The number of aliphatic hydroxyl groups excluding tert-OH is 1. The number of nitrogens with two attached hydrogens (primary N) is 1. The molecule has 92 valence electrons. The number of benzene rings is 1. The first-order chi connectivity index (χ1) is 8.13. The highest BCUT2D eigenvalue weighted by atomic mass is 19.1. The van der Waals surface area contributed by atoms with Crippen LogP contribution in [-0.2, 0) is 0 Å². The Hall–Kier alpha value is -1.62. The molecule has 4 nitrogen and oxygen atoms in total. The highest BCUT2D eigenvalue weighted by Crippen LogP contribution is 2.21. The van der Waals surface area contributed by atoms with Gasteiger partial charge in [-0.1, -0.05) is 0 Å². The molecule has 0 aromatic heterocycles. The van der Waals surface area contributed by atoms with Crippen LogP contribution >= 0.6 is 0 Å². The van der Waals surface area contributed by atoms with Crippen molar-refractivity contribution in [2.75, 3.05) is 18.9 Å². The predicted octanol–water partition coefficient (Wildman–Crippen LogP) is 1.00. The fourth-order valence-corrected chi connectivity index (χ4v) is 2.15. The molecule has 0 spiro atoms. The highest BCUT2D eigenvalue weighted by Gasteiger charge is 2.29. The summed E-state index contributed by atoms with van der Waals surface area (Å²) in [4.78, 5) is 13.6. The van der Waals surface area contributed by atoms with E-state index >= 15 is 0 Å². The molecule has 0 bridgehead atoms. The summed E-state index contributed by atoms with van der Waals surface area (Å²) in [5.74, 6) is -0.988. The smallest absolute Gasteiger partial charge is 0.257 e. The number of carbonyl (C=O) groups excluding carboxylic acids is 1. The van der Waals surface area contributed by atoms with Gasteiger partial charge in [-0.2, -0.15) is 0 Å². The Labute approximate surface area is 98.8 Å². The van der Waals surface area contributed by atoms with E-state index in [1.165, 1.54) is 17.0 Å². The number of nitrogens with zero attached hydrogens (tertiary/aromatic N) is 1. The van der Waals surface area contributed by atoms with E-state index < -0.39 is 5.82 Å². The van der Waals surface area contributed by atoms with Crippen LogP contribution in [0, 0.1) is 5.82 Å². The second kappa shape index (κ2) is 4.71. The standard InChI is InChI=1S/C12H15FN2O2/c13-11-6-8(14)3-4-10(11)12(17)15-5-1-2-9(15)7-16/h3-4,6,9,16H,1-2,5,7,14H2/t9-/m1/s1. The number of nitrogen functional groups attached to an aromatic ring is 1. The van der Waals surface area contributed by atoms with E-state index in [0.717, 1.165) is 18.9 Å². The van der Waals surface area contributed by atoms with E-state index in [-0.39, 0.29) is 24.1 Å². The molecule has 0 saturated carbocycles. The van der Waals surface area contributed by atoms with Gasteiger partial charge in [-0.15, -0.1) is 0 Å². The molecule has 1 fully saturated rings. The first kappa shape index (κ1) is 11.9. The topological polar surface area (TPSA) is 66.6 Å².